The first kappa shape index (κ1) is 11.1. The predicted molar refractivity (Wildman–Crippen MR) is 55.9 cm³/mol. The fourth-order valence-corrected chi connectivity index (χ4v) is 1.52. The van der Waals surface area contributed by atoms with E-state index in [1.54, 1.807) is 4.90 Å². The molecule has 1 aliphatic heterocycles. The van der Waals surface area contributed by atoms with Crippen molar-refractivity contribution in [3.05, 3.63) is 12.3 Å². The summed E-state index contributed by atoms with van der Waals surface area (Å²) in [4.78, 5) is 13.2. The number of amides is 1. The normalized spacial score (nSPS) is 26.9. The van der Waals surface area contributed by atoms with Gasteiger partial charge in [-0.15, -0.1) is 0 Å². The number of hydrogen-bond donors (Lipinski definition) is 0. The lowest BCUT2D eigenvalue weighted by atomic mass is 10.00. The molecule has 0 bridgehead atoms. The van der Waals surface area contributed by atoms with Crippen molar-refractivity contribution in [3.63, 3.8) is 0 Å². The minimum absolute atomic E-state index is 0.243. The van der Waals surface area contributed by atoms with Crippen molar-refractivity contribution in [3.8, 4) is 0 Å². The molecule has 14 heavy (non-hydrogen) atoms. The van der Waals surface area contributed by atoms with Crippen LogP contribution in [-0.4, -0.2) is 23.1 Å². The summed E-state index contributed by atoms with van der Waals surface area (Å²) in [7, 11) is 0. The summed E-state index contributed by atoms with van der Waals surface area (Å²) in [6.45, 7) is 10.7. The molecule has 0 aromatic carbocycles. The van der Waals surface area contributed by atoms with Gasteiger partial charge in [-0.1, -0.05) is 26.8 Å². The molecular formula is C11H19NO2. The highest BCUT2D eigenvalue weighted by Gasteiger charge is 2.43. The summed E-state index contributed by atoms with van der Waals surface area (Å²) >= 11 is 0. The third-order valence-corrected chi connectivity index (χ3v) is 2.88. The fraction of sp³-hybridized carbons (Fsp3) is 0.727. The number of carbonyl (C=O) groups excluding carboxylic acids is 1. The lowest BCUT2D eigenvalue weighted by Gasteiger charge is -2.22. The van der Waals surface area contributed by atoms with E-state index in [2.05, 4.69) is 13.5 Å². The Bertz CT molecular complexity index is 250. The van der Waals surface area contributed by atoms with Gasteiger partial charge in [0.1, 0.15) is 0 Å². The van der Waals surface area contributed by atoms with Crippen molar-refractivity contribution in [1.82, 2.24) is 4.90 Å². The monoisotopic (exact) mass is 197 g/mol. The minimum atomic E-state index is -0.481. The van der Waals surface area contributed by atoms with Crippen molar-refractivity contribution >= 4 is 6.09 Å². The van der Waals surface area contributed by atoms with Crippen LogP contribution in [0.3, 0.4) is 0 Å². The molecule has 1 atom stereocenters. The van der Waals surface area contributed by atoms with Gasteiger partial charge in [0, 0.05) is 6.54 Å². The molecule has 0 N–H and O–H groups in total. The average molecular weight is 197 g/mol. The van der Waals surface area contributed by atoms with E-state index in [0.29, 0.717) is 0 Å². The van der Waals surface area contributed by atoms with Gasteiger partial charge in [0.05, 0.1) is 5.70 Å². The first-order chi connectivity index (χ1) is 6.55. The van der Waals surface area contributed by atoms with Gasteiger partial charge in [0.25, 0.3) is 0 Å². The molecule has 1 saturated heterocycles. The van der Waals surface area contributed by atoms with Crippen LogP contribution in [0.5, 0.6) is 0 Å². The molecule has 1 amide bonds. The van der Waals surface area contributed by atoms with Gasteiger partial charge in [-0.05, 0) is 19.8 Å². The summed E-state index contributed by atoms with van der Waals surface area (Å²) in [6.07, 6.45) is 2.60. The van der Waals surface area contributed by atoms with Gasteiger partial charge in [-0.2, -0.15) is 0 Å². The van der Waals surface area contributed by atoms with Crippen LogP contribution in [0.1, 0.15) is 40.0 Å². The number of hydrogen-bond acceptors (Lipinski definition) is 2. The maximum absolute atomic E-state index is 11.5. The third kappa shape index (κ3) is 1.76. The van der Waals surface area contributed by atoms with Gasteiger partial charge in [-0.25, -0.2) is 4.79 Å². The molecule has 1 rings (SSSR count). The molecule has 1 heterocycles. The molecule has 0 spiro atoms. The number of rotatable bonds is 4. The number of cyclic esters (lactones) is 1. The fourth-order valence-electron chi connectivity index (χ4n) is 1.52. The first-order valence-electron chi connectivity index (χ1n) is 5.25. The molecule has 0 saturated carbocycles. The van der Waals surface area contributed by atoms with Gasteiger partial charge >= 0.3 is 6.09 Å². The summed E-state index contributed by atoms with van der Waals surface area (Å²) < 4.78 is 5.31. The second-order valence-corrected chi connectivity index (χ2v) is 3.90. The van der Waals surface area contributed by atoms with Crippen LogP contribution in [0.4, 0.5) is 4.79 Å². The van der Waals surface area contributed by atoms with Crippen LogP contribution in [-0.2, 0) is 4.74 Å². The zero-order valence-electron chi connectivity index (χ0n) is 9.30. The molecule has 1 fully saturated rings. The number of unbranched alkanes of at least 4 members (excludes halogenated alkanes) is 1. The van der Waals surface area contributed by atoms with E-state index in [-0.39, 0.29) is 6.09 Å². The smallest absolute Gasteiger partial charge is 0.415 e. The quantitative estimate of drug-likeness (QED) is 0.693. The SMILES string of the molecule is C=C1N(CCCC)C(=O)O[C@]1(C)CC. The van der Waals surface area contributed by atoms with E-state index in [1.165, 1.54) is 0 Å². The lowest BCUT2D eigenvalue weighted by molar-refractivity contribution is 0.0788. The van der Waals surface area contributed by atoms with Gasteiger partial charge in [0.2, 0.25) is 0 Å². The highest BCUT2D eigenvalue weighted by Crippen LogP contribution is 2.34. The topological polar surface area (TPSA) is 29.5 Å². The predicted octanol–water partition coefficient (Wildman–Crippen LogP) is 2.92. The molecule has 0 radical (unpaired) electrons. The maximum atomic E-state index is 11.5. The van der Waals surface area contributed by atoms with Crippen molar-refractivity contribution in [2.45, 2.75) is 45.6 Å². The Labute approximate surface area is 85.7 Å². The van der Waals surface area contributed by atoms with Crippen molar-refractivity contribution in [2.24, 2.45) is 0 Å². The Morgan fingerprint density at radius 2 is 2.14 bits per heavy atom. The summed E-state index contributed by atoms with van der Waals surface area (Å²) in [5.74, 6) is 0. The van der Waals surface area contributed by atoms with Crippen LogP contribution in [0.2, 0.25) is 0 Å². The number of ether oxygens (including phenoxy) is 1. The van der Waals surface area contributed by atoms with Gasteiger partial charge in [-0.3, -0.25) is 4.90 Å². The molecule has 0 aromatic heterocycles. The second kappa shape index (κ2) is 4.03. The van der Waals surface area contributed by atoms with E-state index in [9.17, 15) is 4.79 Å². The highest BCUT2D eigenvalue weighted by molar-refractivity contribution is 5.74. The van der Waals surface area contributed by atoms with E-state index in [1.807, 2.05) is 13.8 Å². The van der Waals surface area contributed by atoms with Crippen LogP contribution in [0.25, 0.3) is 0 Å². The Hall–Kier alpha value is -0.990. The molecule has 3 nitrogen and oxygen atoms in total. The zero-order chi connectivity index (χ0) is 10.8. The van der Waals surface area contributed by atoms with E-state index >= 15 is 0 Å². The molecule has 80 valence electrons. The summed E-state index contributed by atoms with van der Waals surface area (Å²) in [5, 5.41) is 0. The largest absolute Gasteiger partial charge is 0.436 e. The number of carbonyl (C=O) groups is 1. The second-order valence-electron chi connectivity index (χ2n) is 3.90. The van der Waals surface area contributed by atoms with Crippen molar-refractivity contribution in [1.29, 1.82) is 0 Å². The van der Waals surface area contributed by atoms with E-state index < -0.39 is 5.60 Å². The van der Waals surface area contributed by atoms with Crippen LogP contribution < -0.4 is 0 Å². The Kier molecular flexibility index (Phi) is 3.19. The van der Waals surface area contributed by atoms with Gasteiger partial charge in [0.15, 0.2) is 5.60 Å². The van der Waals surface area contributed by atoms with Crippen molar-refractivity contribution < 1.29 is 9.53 Å². The van der Waals surface area contributed by atoms with Crippen LogP contribution in [0, 0.1) is 0 Å². The molecule has 1 aliphatic rings. The van der Waals surface area contributed by atoms with Gasteiger partial charge < -0.3 is 4.74 Å². The van der Waals surface area contributed by atoms with Crippen molar-refractivity contribution in [2.75, 3.05) is 6.54 Å². The first-order valence-corrected chi connectivity index (χ1v) is 5.25. The summed E-state index contributed by atoms with van der Waals surface area (Å²) in [6, 6.07) is 0. The molecule has 0 aliphatic carbocycles. The van der Waals surface area contributed by atoms with E-state index in [0.717, 1.165) is 31.5 Å². The molecule has 0 aromatic rings. The Morgan fingerprint density at radius 3 is 2.57 bits per heavy atom. The summed E-state index contributed by atoms with van der Waals surface area (Å²) in [5.41, 5.74) is 0.323. The molecular weight excluding hydrogens is 178 g/mol. The standard InChI is InChI=1S/C11H19NO2/c1-5-7-8-12-9(3)11(4,6-2)14-10(12)13/h3,5-8H2,1-2,4H3/t11-/m1/s1. The third-order valence-electron chi connectivity index (χ3n) is 2.88. The Morgan fingerprint density at radius 1 is 1.50 bits per heavy atom. The molecule has 3 heteroatoms. The van der Waals surface area contributed by atoms with Crippen LogP contribution in [0.15, 0.2) is 12.3 Å². The van der Waals surface area contributed by atoms with Crippen LogP contribution >= 0.6 is 0 Å². The number of nitrogens with zero attached hydrogens (tertiary/aromatic N) is 1. The Balaban J connectivity index is 2.70. The zero-order valence-corrected chi connectivity index (χ0v) is 9.30. The average Bonchev–Trinajstić information content (AvgIpc) is 2.37. The highest BCUT2D eigenvalue weighted by atomic mass is 16.6. The molecule has 0 unspecified atom stereocenters. The minimum Gasteiger partial charge on any atom is -0.436 e. The maximum Gasteiger partial charge on any atom is 0.415 e. The van der Waals surface area contributed by atoms with E-state index in [4.69, 9.17) is 4.74 Å². The lowest BCUT2D eigenvalue weighted by Crippen LogP contribution is -2.27.